The molecular formula is C26H33N9O4. The molecule has 2 fully saturated rings. The van der Waals surface area contributed by atoms with E-state index in [1.165, 1.54) is 0 Å². The third kappa shape index (κ3) is 5.51. The highest BCUT2D eigenvalue weighted by atomic mass is 16.5. The number of imidazole rings is 2. The van der Waals surface area contributed by atoms with Gasteiger partial charge in [0.05, 0.1) is 57.0 Å². The average Bonchev–Trinajstić information content (AvgIpc) is 3.59. The van der Waals surface area contributed by atoms with Crippen molar-refractivity contribution in [2.75, 3.05) is 76.0 Å². The molecule has 0 saturated carbocycles. The molecule has 0 radical (unpaired) electrons. The van der Waals surface area contributed by atoms with Crippen LogP contribution in [0.4, 0.5) is 11.8 Å². The van der Waals surface area contributed by atoms with E-state index < -0.39 is 0 Å². The van der Waals surface area contributed by atoms with Crippen molar-refractivity contribution < 1.29 is 19.0 Å². The Balaban J connectivity index is 1.27. The molecule has 13 heteroatoms. The molecule has 0 unspecified atom stereocenters. The Labute approximate surface area is 225 Å². The van der Waals surface area contributed by atoms with Gasteiger partial charge in [0.1, 0.15) is 11.3 Å². The summed E-state index contributed by atoms with van der Waals surface area (Å²) >= 11 is 0. The summed E-state index contributed by atoms with van der Waals surface area (Å²) in [6.07, 6.45) is 1.83. The lowest BCUT2D eigenvalue weighted by Gasteiger charge is -2.27. The minimum atomic E-state index is -0.385. The average molecular weight is 536 g/mol. The molecule has 0 spiro atoms. The number of carbonyl (C=O) groups excluding carboxylic acids is 1. The smallest absolute Gasteiger partial charge is 0.340 e. The number of esters is 1. The third-order valence-corrected chi connectivity index (χ3v) is 6.99. The number of H-pyrrole nitrogens is 1. The zero-order chi connectivity index (χ0) is 26.6. The Bertz CT molecular complexity index is 1440. The predicted molar refractivity (Wildman–Crippen MR) is 145 cm³/mol. The van der Waals surface area contributed by atoms with Gasteiger partial charge >= 0.3 is 5.97 Å². The second-order valence-electron chi connectivity index (χ2n) is 9.50. The number of para-hydroxylation sites is 1. The van der Waals surface area contributed by atoms with Gasteiger partial charge in [-0.15, -0.1) is 0 Å². The fraction of sp³-hybridized carbons (Fsp3) is 0.500. The number of nitrogens with zero attached hydrogens (tertiary/aromatic N) is 7. The van der Waals surface area contributed by atoms with E-state index in [1.807, 2.05) is 18.5 Å². The maximum absolute atomic E-state index is 12.4. The molecule has 2 aliphatic heterocycles. The zero-order valence-electron chi connectivity index (χ0n) is 22.1. The maximum Gasteiger partial charge on any atom is 0.340 e. The van der Waals surface area contributed by atoms with Crippen LogP contribution < -0.4 is 10.2 Å². The molecule has 0 aliphatic carbocycles. The lowest BCUT2D eigenvalue weighted by atomic mass is 10.2. The predicted octanol–water partition coefficient (Wildman–Crippen LogP) is 1.66. The summed E-state index contributed by atoms with van der Waals surface area (Å²) in [5, 5.41) is 3.42. The Morgan fingerprint density at radius 3 is 2.62 bits per heavy atom. The van der Waals surface area contributed by atoms with Crippen molar-refractivity contribution in [3.63, 3.8) is 0 Å². The van der Waals surface area contributed by atoms with E-state index in [0.717, 1.165) is 63.6 Å². The SMILES string of the molecule is CCOC(=O)c1cccc2[nH]c(CNc3nc(N4CCOCC4)nc4c3ncn4CCN3CCOCC3)nc12. The van der Waals surface area contributed by atoms with Crippen LogP contribution >= 0.6 is 0 Å². The number of hydrogen-bond donors (Lipinski definition) is 2. The van der Waals surface area contributed by atoms with Crippen LogP contribution in [0.25, 0.3) is 22.2 Å². The molecule has 0 amide bonds. The highest BCUT2D eigenvalue weighted by Crippen LogP contribution is 2.24. The minimum Gasteiger partial charge on any atom is -0.462 e. The molecule has 0 bridgehead atoms. The van der Waals surface area contributed by atoms with E-state index in [1.54, 1.807) is 13.0 Å². The zero-order valence-corrected chi connectivity index (χ0v) is 22.1. The molecule has 5 heterocycles. The van der Waals surface area contributed by atoms with Crippen molar-refractivity contribution in [3.05, 3.63) is 35.9 Å². The second-order valence-corrected chi connectivity index (χ2v) is 9.50. The van der Waals surface area contributed by atoms with Crippen LogP contribution in [0.15, 0.2) is 24.5 Å². The van der Waals surface area contributed by atoms with Gasteiger partial charge in [-0.3, -0.25) is 4.90 Å². The number of fused-ring (bicyclic) bond motifs is 2. The van der Waals surface area contributed by atoms with Crippen LogP contribution in [0.3, 0.4) is 0 Å². The molecule has 13 nitrogen and oxygen atoms in total. The highest BCUT2D eigenvalue weighted by molar-refractivity contribution is 6.02. The van der Waals surface area contributed by atoms with Gasteiger partial charge in [-0.1, -0.05) is 6.07 Å². The van der Waals surface area contributed by atoms with Gasteiger partial charge in [0, 0.05) is 39.3 Å². The number of rotatable bonds is 9. The topological polar surface area (TPSA) is 136 Å². The Kier molecular flexibility index (Phi) is 7.52. The van der Waals surface area contributed by atoms with E-state index in [-0.39, 0.29) is 5.97 Å². The summed E-state index contributed by atoms with van der Waals surface area (Å²) in [4.78, 5) is 39.4. The maximum atomic E-state index is 12.4. The van der Waals surface area contributed by atoms with Gasteiger partial charge in [0.25, 0.3) is 0 Å². The van der Waals surface area contributed by atoms with Gasteiger partial charge in [0.15, 0.2) is 17.0 Å². The molecule has 206 valence electrons. The summed E-state index contributed by atoms with van der Waals surface area (Å²) in [5.74, 6) is 1.57. The fourth-order valence-corrected chi connectivity index (χ4v) is 4.91. The number of nitrogens with one attached hydrogen (secondary N) is 2. The van der Waals surface area contributed by atoms with Crippen LogP contribution in [-0.4, -0.2) is 106 Å². The van der Waals surface area contributed by atoms with E-state index in [2.05, 4.69) is 34.6 Å². The van der Waals surface area contributed by atoms with Crippen LogP contribution in [-0.2, 0) is 27.3 Å². The molecule has 4 aromatic rings. The van der Waals surface area contributed by atoms with Crippen LogP contribution in [0.5, 0.6) is 0 Å². The van der Waals surface area contributed by atoms with Crippen LogP contribution in [0, 0.1) is 0 Å². The van der Waals surface area contributed by atoms with Gasteiger partial charge in [-0.05, 0) is 19.1 Å². The number of hydrogen-bond acceptors (Lipinski definition) is 11. The number of anilines is 2. The molecule has 1 aromatic carbocycles. The van der Waals surface area contributed by atoms with Gasteiger partial charge in [-0.25, -0.2) is 14.8 Å². The summed E-state index contributed by atoms with van der Waals surface area (Å²) < 4.78 is 18.3. The normalized spacial score (nSPS) is 16.7. The monoisotopic (exact) mass is 535 g/mol. The quantitative estimate of drug-likeness (QED) is 0.303. The minimum absolute atomic E-state index is 0.308. The second kappa shape index (κ2) is 11.5. The van der Waals surface area contributed by atoms with E-state index in [9.17, 15) is 4.79 Å². The summed E-state index contributed by atoms with van der Waals surface area (Å²) in [6, 6.07) is 5.44. The summed E-state index contributed by atoms with van der Waals surface area (Å²) in [6.45, 7) is 10.3. The third-order valence-electron chi connectivity index (χ3n) is 6.99. The fourth-order valence-electron chi connectivity index (χ4n) is 4.91. The van der Waals surface area contributed by atoms with Crippen molar-refractivity contribution in [2.45, 2.75) is 20.0 Å². The number of ether oxygens (including phenoxy) is 3. The van der Waals surface area contributed by atoms with E-state index in [4.69, 9.17) is 24.2 Å². The van der Waals surface area contributed by atoms with Crippen molar-refractivity contribution in [2.24, 2.45) is 0 Å². The van der Waals surface area contributed by atoms with Crippen LogP contribution in [0.2, 0.25) is 0 Å². The summed E-state index contributed by atoms with van der Waals surface area (Å²) in [7, 11) is 0. The number of aromatic nitrogens is 6. The Morgan fingerprint density at radius 1 is 1.03 bits per heavy atom. The van der Waals surface area contributed by atoms with Gasteiger partial charge in [0.2, 0.25) is 5.95 Å². The first-order valence-corrected chi connectivity index (χ1v) is 13.4. The van der Waals surface area contributed by atoms with E-state index in [0.29, 0.717) is 60.6 Å². The standard InChI is InChI=1S/C26H33N9O4/c1-2-39-25(36)18-4-3-5-19-21(18)30-20(29-19)16-27-23-22-24(32-26(31-23)34-10-14-38-15-11-34)35(17-28-22)7-6-33-8-12-37-13-9-33/h3-5,17H,2,6-16H2,1H3,(H,29,30)(H,27,31,32). The molecule has 39 heavy (non-hydrogen) atoms. The molecule has 0 atom stereocenters. The van der Waals surface area contributed by atoms with Crippen molar-refractivity contribution >= 4 is 39.9 Å². The largest absolute Gasteiger partial charge is 0.462 e. The Hall–Kier alpha value is -3.81. The van der Waals surface area contributed by atoms with Crippen molar-refractivity contribution in [3.8, 4) is 0 Å². The number of carbonyl (C=O) groups is 1. The molecule has 2 N–H and O–H groups in total. The molecule has 2 aliphatic rings. The Morgan fingerprint density at radius 2 is 1.82 bits per heavy atom. The number of benzene rings is 1. The number of aromatic amines is 1. The first kappa shape index (κ1) is 25.5. The lowest BCUT2D eigenvalue weighted by molar-refractivity contribution is 0.0365. The van der Waals surface area contributed by atoms with Gasteiger partial charge < -0.3 is 34.0 Å². The number of morpholine rings is 2. The first-order valence-electron chi connectivity index (χ1n) is 13.4. The summed E-state index contributed by atoms with van der Waals surface area (Å²) in [5.41, 5.74) is 3.29. The highest BCUT2D eigenvalue weighted by Gasteiger charge is 2.21. The molecular weight excluding hydrogens is 502 g/mol. The molecule has 3 aromatic heterocycles. The van der Waals surface area contributed by atoms with Crippen molar-refractivity contribution in [1.82, 2.24) is 34.4 Å². The van der Waals surface area contributed by atoms with Gasteiger partial charge in [-0.2, -0.15) is 9.97 Å². The van der Waals surface area contributed by atoms with E-state index >= 15 is 0 Å². The van der Waals surface area contributed by atoms with Crippen LogP contribution in [0.1, 0.15) is 23.1 Å². The lowest BCUT2D eigenvalue weighted by Crippen LogP contribution is -2.38. The molecule has 2 saturated heterocycles. The first-order chi connectivity index (χ1) is 19.2. The van der Waals surface area contributed by atoms with Crippen molar-refractivity contribution in [1.29, 1.82) is 0 Å². The molecule has 6 rings (SSSR count).